The molecule has 16 heavy (non-hydrogen) atoms. The molecule has 1 aromatic heterocycles. The molecule has 1 aromatic rings. The quantitative estimate of drug-likeness (QED) is 0.809. The first-order valence-electron chi connectivity index (χ1n) is 5.66. The first kappa shape index (κ1) is 11.9. The number of carboxylic acids is 1. The highest BCUT2D eigenvalue weighted by Crippen LogP contribution is 2.42. The number of halogens is 1. The Hall–Kier alpha value is -0.540. The van der Waals surface area contributed by atoms with Crippen LogP contribution in [-0.4, -0.2) is 11.1 Å². The van der Waals surface area contributed by atoms with Crippen LogP contribution in [0.25, 0.3) is 0 Å². The minimum atomic E-state index is -0.670. The van der Waals surface area contributed by atoms with Crippen molar-refractivity contribution in [1.29, 1.82) is 0 Å². The number of rotatable bonds is 2. The van der Waals surface area contributed by atoms with Crippen LogP contribution in [-0.2, 0) is 4.79 Å². The second-order valence-electron chi connectivity index (χ2n) is 4.32. The number of hydrogen-bond donors (Lipinski definition) is 1. The van der Waals surface area contributed by atoms with Crippen molar-refractivity contribution in [2.24, 2.45) is 5.92 Å². The molecular formula is C12H15ClO2S. The van der Waals surface area contributed by atoms with Gasteiger partial charge in [0.1, 0.15) is 0 Å². The molecule has 1 fully saturated rings. The Morgan fingerprint density at radius 2 is 2.12 bits per heavy atom. The molecule has 0 amide bonds. The predicted molar refractivity (Wildman–Crippen MR) is 66.3 cm³/mol. The van der Waals surface area contributed by atoms with E-state index in [-0.39, 0.29) is 11.8 Å². The number of hydrogen-bond acceptors (Lipinski definition) is 2. The highest BCUT2D eigenvalue weighted by atomic mass is 35.5. The maximum atomic E-state index is 11.3. The Balaban J connectivity index is 2.27. The van der Waals surface area contributed by atoms with E-state index in [0.717, 1.165) is 42.0 Å². The van der Waals surface area contributed by atoms with Gasteiger partial charge in [0.25, 0.3) is 0 Å². The molecule has 2 atom stereocenters. The van der Waals surface area contributed by atoms with Gasteiger partial charge in [-0.05, 0) is 24.3 Å². The van der Waals surface area contributed by atoms with Crippen molar-refractivity contribution >= 4 is 28.9 Å². The summed E-state index contributed by atoms with van der Waals surface area (Å²) in [6, 6.07) is 1.87. The summed E-state index contributed by atoms with van der Waals surface area (Å²) in [4.78, 5) is 12.4. The fraction of sp³-hybridized carbons (Fsp3) is 0.583. The minimum absolute atomic E-state index is 0.118. The van der Waals surface area contributed by atoms with Gasteiger partial charge in [0, 0.05) is 10.8 Å². The topological polar surface area (TPSA) is 37.3 Å². The van der Waals surface area contributed by atoms with Gasteiger partial charge in [-0.25, -0.2) is 0 Å². The Morgan fingerprint density at radius 1 is 1.38 bits per heavy atom. The van der Waals surface area contributed by atoms with Crippen molar-refractivity contribution in [3.63, 3.8) is 0 Å². The fourth-order valence-electron chi connectivity index (χ4n) is 2.49. The van der Waals surface area contributed by atoms with Crippen LogP contribution >= 0.6 is 22.9 Å². The molecule has 1 heterocycles. The monoisotopic (exact) mass is 258 g/mol. The van der Waals surface area contributed by atoms with E-state index in [0.29, 0.717) is 0 Å². The van der Waals surface area contributed by atoms with Gasteiger partial charge in [-0.3, -0.25) is 4.79 Å². The van der Waals surface area contributed by atoms with E-state index in [1.165, 1.54) is 0 Å². The van der Waals surface area contributed by atoms with Gasteiger partial charge in [-0.2, -0.15) is 0 Å². The average Bonchev–Trinajstić information content (AvgIpc) is 2.54. The zero-order valence-corrected chi connectivity index (χ0v) is 10.6. The van der Waals surface area contributed by atoms with Gasteiger partial charge >= 0.3 is 5.97 Å². The average molecular weight is 259 g/mol. The van der Waals surface area contributed by atoms with Crippen LogP contribution < -0.4 is 0 Å². The summed E-state index contributed by atoms with van der Waals surface area (Å²) in [6.45, 7) is 0. The molecule has 2 unspecified atom stereocenters. The van der Waals surface area contributed by atoms with Crippen molar-refractivity contribution < 1.29 is 9.90 Å². The molecule has 0 saturated heterocycles. The number of carboxylic acid groups (broad SMARTS) is 1. The highest BCUT2D eigenvalue weighted by Gasteiger charge is 2.32. The van der Waals surface area contributed by atoms with E-state index in [1.807, 2.05) is 11.4 Å². The van der Waals surface area contributed by atoms with Gasteiger partial charge in [-0.15, -0.1) is 11.3 Å². The van der Waals surface area contributed by atoms with E-state index in [1.54, 1.807) is 11.3 Å². The van der Waals surface area contributed by atoms with Crippen molar-refractivity contribution in [3.05, 3.63) is 21.3 Å². The number of carbonyl (C=O) groups is 1. The van der Waals surface area contributed by atoms with Gasteiger partial charge in [0.05, 0.1) is 10.9 Å². The molecular weight excluding hydrogens is 244 g/mol. The third-order valence-corrected chi connectivity index (χ3v) is 4.81. The van der Waals surface area contributed by atoms with E-state index in [9.17, 15) is 9.90 Å². The Kier molecular flexibility index (Phi) is 3.87. The number of thiophene rings is 1. The maximum Gasteiger partial charge on any atom is 0.307 e. The molecule has 1 saturated carbocycles. The first-order chi connectivity index (χ1) is 7.70. The van der Waals surface area contributed by atoms with Crippen LogP contribution in [0.2, 0.25) is 5.02 Å². The van der Waals surface area contributed by atoms with Gasteiger partial charge in [0.15, 0.2) is 0 Å². The molecule has 1 N–H and O–H groups in total. The first-order valence-corrected chi connectivity index (χ1v) is 6.91. The van der Waals surface area contributed by atoms with Gasteiger partial charge in [-0.1, -0.05) is 30.9 Å². The normalized spacial score (nSPS) is 26.3. The second-order valence-corrected chi connectivity index (χ2v) is 5.68. The van der Waals surface area contributed by atoms with E-state index < -0.39 is 5.97 Å². The third kappa shape index (κ3) is 2.41. The predicted octanol–water partition coefficient (Wildman–Crippen LogP) is 4.15. The zero-order chi connectivity index (χ0) is 11.5. The summed E-state index contributed by atoms with van der Waals surface area (Å²) in [5.41, 5.74) is 0. The van der Waals surface area contributed by atoms with Crippen molar-refractivity contribution in [2.75, 3.05) is 0 Å². The van der Waals surface area contributed by atoms with Crippen LogP contribution in [0.1, 0.15) is 42.9 Å². The van der Waals surface area contributed by atoms with Crippen molar-refractivity contribution in [3.8, 4) is 0 Å². The lowest BCUT2D eigenvalue weighted by Gasteiger charge is -2.20. The molecule has 1 aliphatic carbocycles. The van der Waals surface area contributed by atoms with Gasteiger partial charge in [0.2, 0.25) is 0 Å². The van der Waals surface area contributed by atoms with Crippen LogP contribution in [0.15, 0.2) is 11.4 Å². The van der Waals surface area contributed by atoms with Crippen molar-refractivity contribution in [2.45, 2.75) is 38.0 Å². The number of aliphatic carboxylic acids is 1. The lowest BCUT2D eigenvalue weighted by Crippen LogP contribution is -2.20. The molecule has 0 radical (unpaired) electrons. The standard InChI is InChI=1S/C12H15ClO2S/c13-10-6-7-16-11(10)8-4-2-1-3-5-9(8)12(14)15/h6-9H,1-5H2,(H,14,15). The minimum Gasteiger partial charge on any atom is -0.481 e. The molecule has 2 nitrogen and oxygen atoms in total. The van der Waals surface area contributed by atoms with Crippen LogP contribution in [0.3, 0.4) is 0 Å². The van der Waals surface area contributed by atoms with E-state index in [4.69, 9.17) is 11.6 Å². The molecule has 88 valence electrons. The molecule has 0 aromatic carbocycles. The fourth-order valence-corrected chi connectivity index (χ4v) is 3.89. The van der Waals surface area contributed by atoms with Crippen LogP contribution in [0.5, 0.6) is 0 Å². The van der Waals surface area contributed by atoms with Gasteiger partial charge < -0.3 is 5.11 Å². The SMILES string of the molecule is O=C(O)C1CCCCCC1c1sccc1Cl. The Morgan fingerprint density at radius 3 is 2.75 bits per heavy atom. The molecule has 0 aliphatic heterocycles. The molecule has 1 aliphatic rings. The lowest BCUT2D eigenvalue weighted by molar-refractivity contribution is -0.142. The molecule has 0 bridgehead atoms. The molecule has 4 heteroatoms. The van der Waals surface area contributed by atoms with E-state index >= 15 is 0 Å². The molecule has 2 rings (SSSR count). The Labute approximate surface area is 104 Å². The molecule has 0 spiro atoms. The smallest absolute Gasteiger partial charge is 0.307 e. The van der Waals surface area contributed by atoms with E-state index in [2.05, 4.69) is 0 Å². The zero-order valence-electron chi connectivity index (χ0n) is 8.99. The summed E-state index contributed by atoms with van der Waals surface area (Å²) >= 11 is 7.71. The lowest BCUT2D eigenvalue weighted by atomic mass is 9.87. The largest absolute Gasteiger partial charge is 0.481 e. The third-order valence-electron chi connectivity index (χ3n) is 3.31. The summed E-state index contributed by atoms with van der Waals surface area (Å²) in [5, 5.41) is 12.0. The maximum absolute atomic E-state index is 11.3. The highest BCUT2D eigenvalue weighted by molar-refractivity contribution is 7.10. The summed E-state index contributed by atoms with van der Waals surface area (Å²) in [5.74, 6) is -0.803. The second kappa shape index (κ2) is 5.19. The summed E-state index contributed by atoms with van der Waals surface area (Å²) < 4.78 is 0. The summed E-state index contributed by atoms with van der Waals surface area (Å²) in [6.07, 6.45) is 5.02. The summed E-state index contributed by atoms with van der Waals surface area (Å²) in [7, 11) is 0. The van der Waals surface area contributed by atoms with Crippen LogP contribution in [0, 0.1) is 5.92 Å². The Bertz CT molecular complexity index is 375. The van der Waals surface area contributed by atoms with Crippen molar-refractivity contribution in [1.82, 2.24) is 0 Å². The van der Waals surface area contributed by atoms with Crippen LogP contribution in [0.4, 0.5) is 0 Å².